The highest BCUT2D eigenvalue weighted by Gasteiger charge is 2.35. The molecule has 2 heterocycles. The van der Waals surface area contributed by atoms with Crippen LogP contribution in [0.1, 0.15) is 48.8 Å². The highest BCUT2D eigenvalue weighted by Crippen LogP contribution is 2.24. The number of aryl methyl sites for hydroxylation is 1. The lowest BCUT2D eigenvalue weighted by atomic mass is 10.1. The van der Waals surface area contributed by atoms with Crippen molar-refractivity contribution in [3.05, 3.63) is 88.9 Å². The molecule has 8 nitrogen and oxygen atoms in total. The van der Waals surface area contributed by atoms with Gasteiger partial charge in [0, 0.05) is 13.0 Å². The second-order valence-electron chi connectivity index (χ2n) is 7.42. The average molecular weight is 431 g/mol. The molecule has 0 spiro atoms. The predicted molar refractivity (Wildman–Crippen MR) is 116 cm³/mol. The molecule has 2 N–H and O–H groups in total. The highest BCUT2D eigenvalue weighted by molar-refractivity contribution is 6.21. The maximum Gasteiger partial charge on any atom is 0.261 e. The van der Waals surface area contributed by atoms with Gasteiger partial charge in [0.1, 0.15) is 5.76 Å². The molecule has 3 aromatic rings. The van der Waals surface area contributed by atoms with E-state index in [-0.39, 0.29) is 25.4 Å². The van der Waals surface area contributed by atoms with E-state index in [4.69, 9.17) is 4.42 Å². The van der Waals surface area contributed by atoms with Gasteiger partial charge < -0.3 is 15.1 Å². The van der Waals surface area contributed by atoms with Gasteiger partial charge in [-0.1, -0.05) is 23.8 Å². The molecule has 162 valence electrons. The molecule has 0 radical (unpaired) electrons. The van der Waals surface area contributed by atoms with Crippen molar-refractivity contribution >= 4 is 29.3 Å². The predicted octanol–water partition coefficient (Wildman–Crippen LogP) is 3.14. The lowest BCUT2D eigenvalue weighted by molar-refractivity contribution is -0.116. The first kappa shape index (κ1) is 21.0. The molecule has 4 amide bonds. The molecule has 0 aliphatic carbocycles. The van der Waals surface area contributed by atoms with E-state index in [1.165, 1.54) is 6.26 Å². The normalized spacial score (nSPS) is 12.6. The van der Waals surface area contributed by atoms with Crippen LogP contribution < -0.4 is 10.6 Å². The molecule has 0 unspecified atom stereocenters. The fourth-order valence-corrected chi connectivity index (χ4v) is 3.50. The van der Waals surface area contributed by atoms with Gasteiger partial charge in [-0.05, 0) is 43.3 Å². The summed E-state index contributed by atoms with van der Waals surface area (Å²) < 4.78 is 5.20. The zero-order valence-electron chi connectivity index (χ0n) is 17.4. The number of hydrogen-bond donors (Lipinski definition) is 2. The molecular formula is C24H21N3O5. The van der Waals surface area contributed by atoms with Crippen LogP contribution >= 0.6 is 0 Å². The van der Waals surface area contributed by atoms with Crippen molar-refractivity contribution in [3.63, 3.8) is 0 Å². The second kappa shape index (κ2) is 8.89. The summed E-state index contributed by atoms with van der Waals surface area (Å²) in [5, 5.41) is 5.43. The third-order valence-electron chi connectivity index (χ3n) is 5.14. The van der Waals surface area contributed by atoms with Gasteiger partial charge in [-0.3, -0.25) is 24.1 Å². The Morgan fingerprint density at radius 3 is 2.53 bits per heavy atom. The molecule has 1 aromatic heterocycles. The molecule has 0 fully saturated rings. The van der Waals surface area contributed by atoms with E-state index in [9.17, 15) is 19.2 Å². The van der Waals surface area contributed by atoms with Gasteiger partial charge in [-0.2, -0.15) is 0 Å². The van der Waals surface area contributed by atoms with Gasteiger partial charge in [0.05, 0.1) is 35.2 Å². The number of anilines is 1. The SMILES string of the molecule is Cc1ccc2c(c1)C(=O)N(CCC(=O)Nc1ccccc1C(=O)NCc1ccco1)C2=O. The minimum absolute atomic E-state index is 0.0515. The summed E-state index contributed by atoms with van der Waals surface area (Å²) in [4.78, 5) is 51.2. The minimum atomic E-state index is -0.413. The topological polar surface area (TPSA) is 109 Å². The third kappa shape index (κ3) is 4.29. The summed E-state index contributed by atoms with van der Waals surface area (Å²) in [6.07, 6.45) is 1.43. The van der Waals surface area contributed by atoms with Crippen LogP contribution in [0.2, 0.25) is 0 Å². The van der Waals surface area contributed by atoms with Crippen LogP contribution in [0, 0.1) is 6.92 Å². The van der Waals surface area contributed by atoms with Crippen LogP contribution in [0.5, 0.6) is 0 Å². The largest absolute Gasteiger partial charge is 0.467 e. The number of amides is 4. The molecule has 0 saturated carbocycles. The Balaban J connectivity index is 1.37. The summed E-state index contributed by atoms with van der Waals surface area (Å²) in [5.74, 6) is -0.984. The van der Waals surface area contributed by atoms with Gasteiger partial charge in [-0.25, -0.2) is 0 Å². The van der Waals surface area contributed by atoms with Crippen LogP contribution in [-0.2, 0) is 11.3 Å². The van der Waals surface area contributed by atoms with Crippen LogP contribution in [0.15, 0.2) is 65.3 Å². The summed E-state index contributed by atoms with van der Waals surface area (Å²) in [6, 6.07) is 15.2. The summed E-state index contributed by atoms with van der Waals surface area (Å²) >= 11 is 0. The molecule has 0 saturated heterocycles. The van der Waals surface area contributed by atoms with Gasteiger partial charge in [0.15, 0.2) is 0 Å². The highest BCUT2D eigenvalue weighted by atomic mass is 16.3. The first-order valence-electron chi connectivity index (χ1n) is 10.1. The van der Waals surface area contributed by atoms with Crippen molar-refractivity contribution in [2.24, 2.45) is 0 Å². The van der Waals surface area contributed by atoms with Gasteiger partial charge >= 0.3 is 0 Å². The Morgan fingerprint density at radius 1 is 0.969 bits per heavy atom. The minimum Gasteiger partial charge on any atom is -0.467 e. The van der Waals surface area contributed by atoms with Gasteiger partial charge in [0.25, 0.3) is 17.7 Å². The summed E-state index contributed by atoms with van der Waals surface area (Å²) in [7, 11) is 0. The Labute approximate surface area is 184 Å². The molecule has 8 heteroatoms. The van der Waals surface area contributed by atoms with Gasteiger partial charge in [-0.15, -0.1) is 0 Å². The smallest absolute Gasteiger partial charge is 0.261 e. The Morgan fingerprint density at radius 2 is 1.75 bits per heavy atom. The van der Waals surface area contributed by atoms with Crippen molar-refractivity contribution in [2.45, 2.75) is 19.9 Å². The Hall–Kier alpha value is -4.20. The molecule has 4 rings (SSSR count). The number of furan rings is 1. The first-order chi connectivity index (χ1) is 15.4. The zero-order chi connectivity index (χ0) is 22.7. The molecule has 1 aliphatic rings. The van der Waals surface area contributed by atoms with Gasteiger partial charge in [0.2, 0.25) is 5.91 Å². The molecule has 32 heavy (non-hydrogen) atoms. The number of carbonyl (C=O) groups excluding carboxylic acids is 4. The quantitative estimate of drug-likeness (QED) is 0.559. The molecule has 0 bridgehead atoms. The number of para-hydroxylation sites is 1. The van der Waals surface area contributed by atoms with E-state index in [0.717, 1.165) is 10.5 Å². The van der Waals surface area contributed by atoms with Crippen molar-refractivity contribution in [3.8, 4) is 0 Å². The molecular weight excluding hydrogens is 410 g/mol. The van der Waals surface area contributed by atoms with E-state index in [1.54, 1.807) is 54.6 Å². The van der Waals surface area contributed by atoms with Crippen molar-refractivity contribution < 1.29 is 23.6 Å². The fraction of sp³-hybridized carbons (Fsp3) is 0.167. The maximum atomic E-state index is 12.6. The van der Waals surface area contributed by atoms with E-state index in [0.29, 0.717) is 28.1 Å². The monoisotopic (exact) mass is 431 g/mol. The van der Waals surface area contributed by atoms with E-state index in [1.807, 2.05) is 6.92 Å². The number of nitrogens with zero attached hydrogens (tertiary/aromatic N) is 1. The average Bonchev–Trinajstić information content (AvgIpc) is 3.38. The fourth-order valence-electron chi connectivity index (χ4n) is 3.50. The number of carbonyl (C=O) groups is 4. The first-order valence-corrected chi connectivity index (χ1v) is 10.1. The number of benzene rings is 2. The zero-order valence-corrected chi connectivity index (χ0v) is 17.4. The Kier molecular flexibility index (Phi) is 5.85. The summed E-state index contributed by atoms with van der Waals surface area (Å²) in [6.45, 7) is 2.01. The van der Waals surface area contributed by atoms with Crippen molar-refractivity contribution in [2.75, 3.05) is 11.9 Å². The lowest BCUT2D eigenvalue weighted by Gasteiger charge is -2.14. The number of hydrogen-bond acceptors (Lipinski definition) is 5. The molecule has 0 atom stereocenters. The summed E-state index contributed by atoms with van der Waals surface area (Å²) in [5.41, 5.74) is 2.22. The van der Waals surface area contributed by atoms with Crippen LogP contribution in [0.4, 0.5) is 5.69 Å². The van der Waals surface area contributed by atoms with Crippen LogP contribution in [-0.4, -0.2) is 35.1 Å². The second-order valence-corrected chi connectivity index (χ2v) is 7.42. The number of imide groups is 1. The number of rotatable bonds is 7. The van der Waals surface area contributed by atoms with Crippen LogP contribution in [0.3, 0.4) is 0 Å². The maximum absolute atomic E-state index is 12.6. The lowest BCUT2D eigenvalue weighted by Crippen LogP contribution is -2.33. The van der Waals surface area contributed by atoms with E-state index < -0.39 is 17.7 Å². The third-order valence-corrected chi connectivity index (χ3v) is 5.14. The van der Waals surface area contributed by atoms with E-state index >= 15 is 0 Å². The molecule has 1 aliphatic heterocycles. The molecule has 2 aromatic carbocycles. The Bertz CT molecular complexity index is 1200. The number of nitrogens with one attached hydrogen (secondary N) is 2. The standard InChI is InChI=1S/C24H21N3O5/c1-15-8-9-17-19(13-15)24(31)27(23(17)30)11-10-21(28)26-20-7-3-2-6-18(20)22(29)25-14-16-5-4-12-32-16/h2-9,12-13H,10-11,14H2,1H3,(H,25,29)(H,26,28). The van der Waals surface area contributed by atoms with E-state index in [2.05, 4.69) is 10.6 Å². The van der Waals surface area contributed by atoms with Crippen molar-refractivity contribution in [1.82, 2.24) is 10.2 Å². The number of fused-ring (bicyclic) bond motifs is 1. The van der Waals surface area contributed by atoms with Crippen molar-refractivity contribution in [1.29, 1.82) is 0 Å². The van der Waals surface area contributed by atoms with Crippen LogP contribution in [0.25, 0.3) is 0 Å².